The van der Waals surface area contributed by atoms with Crippen LogP contribution in [0.5, 0.6) is 5.75 Å². The normalized spacial score (nSPS) is 9.67. The number of amides is 1. The van der Waals surface area contributed by atoms with Crippen LogP contribution in [-0.2, 0) is 11.2 Å². The Morgan fingerprint density at radius 2 is 2.13 bits per heavy atom. The van der Waals surface area contributed by atoms with Gasteiger partial charge >= 0.3 is 0 Å². The number of aliphatic hydroxyl groups excluding tert-OH is 1. The van der Waals surface area contributed by atoms with Crippen molar-refractivity contribution in [3.8, 4) is 5.75 Å². The predicted molar refractivity (Wildman–Crippen MR) is 53.5 cm³/mol. The van der Waals surface area contributed by atoms with Gasteiger partial charge in [0.05, 0.1) is 13.0 Å². The summed E-state index contributed by atoms with van der Waals surface area (Å²) in [6.45, 7) is 0.0495. The van der Waals surface area contributed by atoms with E-state index in [2.05, 4.69) is 5.18 Å². The average Bonchev–Trinajstić information content (AvgIpc) is 2.28. The molecule has 0 unspecified atom stereocenters. The second-order valence-electron chi connectivity index (χ2n) is 2.84. The first-order valence-electron chi connectivity index (χ1n) is 4.45. The van der Waals surface area contributed by atoms with Gasteiger partial charge in [0.2, 0.25) is 0 Å². The van der Waals surface area contributed by atoms with E-state index in [-0.39, 0.29) is 19.6 Å². The van der Waals surface area contributed by atoms with Crippen molar-refractivity contribution in [2.75, 3.05) is 13.2 Å². The third-order valence-corrected chi connectivity index (χ3v) is 1.76. The van der Waals surface area contributed by atoms with Gasteiger partial charge in [0.25, 0.3) is 5.91 Å². The lowest BCUT2D eigenvalue weighted by Crippen LogP contribution is -2.06. The number of aliphatic hydroxyl groups is 1. The number of rotatable bonds is 5. The van der Waals surface area contributed by atoms with E-state index in [1.807, 2.05) is 0 Å². The standard InChI is InChI=1S/C10H11NO4/c12-5-6-15-9-4-2-1-3-8(9)7-10(13)11-14/h1-4,12H,5-7H2. The van der Waals surface area contributed by atoms with E-state index in [9.17, 15) is 9.70 Å². The summed E-state index contributed by atoms with van der Waals surface area (Å²) in [5, 5.41) is 10.9. The molecule has 0 saturated heterocycles. The maximum absolute atomic E-state index is 10.8. The van der Waals surface area contributed by atoms with Crippen molar-refractivity contribution in [2.45, 2.75) is 6.42 Å². The molecule has 0 fully saturated rings. The van der Waals surface area contributed by atoms with Gasteiger partial charge in [-0.2, -0.15) is 0 Å². The molecule has 0 atom stereocenters. The molecule has 1 rings (SSSR count). The molecule has 0 aromatic heterocycles. The van der Waals surface area contributed by atoms with Crippen LogP contribution in [0.2, 0.25) is 0 Å². The Morgan fingerprint density at radius 1 is 1.40 bits per heavy atom. The Labute approximate surface area is 86.7 Å². The minimum atomic E-state index is -0.741. The molecule has 1 N–H and O–H groups in total. The van der Waals surface area contributed by atoms with Gasteiger partial charge in [-0.15, -0.1) is 4.91 Å². The van der Waals surface area contributed by atoms with E-state index < -0.39 is 5.91 Å². The van der Waals surface area contributed by atoms with E-state index in [1.54, 1.807) is 24.3 Å². The third-order valence-electron chi connectivity index (χ3n) is 1.76. The van der Waals surface area contributed by atoms with Crippen molar-refractivity contribution in [1.29, 1.82) is 0 Å². The second kappa shape index (κ2) is 5.87. The lowest BCUT2D eigenvalue weighted by Gasteiger charge is -2.08. The minimum absolute atomic E-state index is 0.0783. The van der Waals surface area contributed by atoms with Crippen molar-refractivity contribution in [3.63, 3.8) is 0 Å². The molecular formula is C10H11NO4. The quantitative estimate of drug-likeness (QED) is 0.731. The van der Waals surface area contributed by atoms with Crippen LogP contribution in [0.25, 0.3) is 0 Å². The van der Waals surface area contributed by atoms with Gasteiger partial charge in [-0.25, -0.2) is 0 Å². The predicted octanol–water partition coefficient (Wildman–Crippen LogP) is 0.893. The summed E-state index contributed by atoms with van der Waals surface area (Å²) in [6.07, 6.45) is -0.0783. The first-order valence-corrected chi connectivity index (χ1v) is 4.45. The van der Waals surface area contributed by atoms with Crippen LogP contribution < -0.4 is 4.74 Å². The Balaban J connectivity index is 2.76. The molecule has 0 aliphatic heterocycles. The first kappa shape index (κ1) is 11.3. The number of hydrogen-bond acceptors (Lipinski definition) is 4. The zero-order valence-corrected chi connectivity index (χ0v) is 8.05. The number of hydrogen-bond donors (Lipinski definition) is 1. The number of benzene rings is 1. The van der Waals surface area contributed by atoms with E-state index in [1.165, 1.54) is 0 Å². The van der Waals surface area contributed by atoms with Crippen LogP contribution in [0.4, 0.5) is 0 Å². The van der Waals surface area contributed by atoms with Crippen LogP contribution >= 0.6 is 0 Å². The molecule has 1 aromatic carbocycles. The number of ether oxygens (including phenoxy) is 1. The second-order valence-corrected chi connectivity index (χ2v) is 2.84. The Hall–Kier alpha value is -1.75. The molecule has 0 heterocycles. The summed E-state index contributed by atoms with van der Waals surface area (Å²) >= 11 is 0. The molecule has 5 nitrogen and oxygen atoms in total. The highest BCUT2D eigenvalue weighted by atomic mass is 16.5. The summed E-state index contributed by atoms with van der Waals surface area (Å²) in [6, 6.07) is 6.83. The summed E-state index contributed by atoms with van der Waals surface area (Å²) in [4.78, 5) is 20.8. The van der Waals surface area contributed by atoms with Gasteiger partial charge in [-0.1, -0.05) is 18.2 Å². The van der Waals surface area contributed by atoms with Crippen molar-refractivity contribution in [2.24, 2.45) is 5.18 Å². The van der Waals surface area contributed by atoms with Gasteiger partial charge in [0.15, 0.2) is 0 Å². The molecule has 1 amide bonds. The number of para-hydroxylation sites is 1. The van der Waals surface area contributed by atoms with E-state index in [4.69, 9.17) is 9.84 Å². The number of nitrogens with zero attached hydrogens (tertiary/aromatic N) is 1. The third kappa shape index (κ3) is 3.47. The molecule has 0 radical (unpaired) electrons. The highest BCUT2D eigenvalue weighted by Crippen LogP contribution is 2.18. The molecule has 0 aliphatic rings. The van der Waals surface area contributed by atoms with Crippen LogP contribution in [0.3, 0.4) is 0 Å². The fourth-order valence-corrected chi connectivity index (χ4v) is 1.14. The minimum Gasteiger partial charge on any atom is -0.491 e. The molecule has 0 aliphatic carbocycles. The van der Waals surface area contributed by atoms with E-state index in [0.717, 1.165) is 0 Å². The fourth-order valence-electron chi connectivity index (χ4n) is 1.14. The van der Waals surface area contributed by atoms with Crippen LogP contribution in [0.15, 0.2) is 29.4 Å². The van der Waals surface area contributed by atoms with Gasteiger partial charge in [0, 0.05) is 10.7 Å². The molecule has 15 heavy (non-hydrogen) atoms. The monoisotopic (exact) mass is 209 g/mol. The lowest BCUT2D eigenvalue weighted by molar-refractivity contribution is -0.117. The summed E-state index contributed by atoms with van der Waals surface area (Å²) in [7, 11) is 0. The van der Waals surface area contributed by atoms with Crippen LogP contribution in [-0.4, -0.2) is 24.2 Å². The Bertz CT molecular complexity index is 351. The van der Waals surface area contributed by atoms with Gasteiger partial charge < -0.3 is 9.84 Å². The maximum atomic E-state index is 10.8. The van der Waals surface area contributed by atoms with Crippen LogP contribution in [0.1, 0.15) is 5.56 Å². The molecular weight excluding hydrogens is 198 g/mol. The Kier molecular flexibility index (Phi) is 4.43. The summed E-state index contributed by atoms with van der Waals surface area (Å²) < 4.78 is 5.19. The van der Waals surface area contributed by atoms with Crippen molar-refractivity contribution in [1.82, 2.24) is 0 Å². The molecule has 80 valence electrons. The van der Waals surface area contributed by atoms with Crippen molar-refractivity contribution >= 4 is 5.91 Å². The van der Waals surface area contributed by atoms with Gasteiger partial charge in [0.1, 0.15) is 12.4 Å². The highest BCUT2D eigenvalue weighted by molar-refractivity contribution is 5.79. The van der Waals surface area contributed by atoms with E-state index in [0.29, 0.717) is 11.3 Å². The fraction of sp³-hybridized carbons (Fsp3) is 0.300. The number of carbonyl (C=O) groups is 1. The lowest BCUT2D eigenvalue weighted by atomic mass is 10.1. The zero-order valence-electron chi connectivity index (χ0n) is 8.05. The first-order chi connectivity index (χ1) is 7.27. The summed E-state index contributed by atoms with van der Waals surface area (Å²) in [5.41, 5.74) is 0.593. The molecule has 0 spiro atoms. The molecule has 1 aromatic rings. The van der Waals surface area contributed by atoms with Crippen molar-refractivity contribution in [3.05, 3.63) is 34.7 Å². The largest absolute Gasteiger partial charge is 0.491 e. The molecule has 0 saturated carbocycles. The maximum Gasteiger partial charge on any atom is 0.290 e. The average molecular weight is 209 g/mol. The zero-order chi connectivity index (χ0) is 11.1. The van der Waals surface area contributed by atoms with Gasteiger partial charge in [-0.3, -0.25) is 4.79 Å². The number of nitroso groups, excluding NO2 is 1. The highest BCUT2D eigenvalue weighted by Gasteiger charge is 2.08. The van der Waals surface area contributed by atoms with Crippen molar-refractivity contribution < 1.29 is 14.6 Å². The number of carbonyl (C=O) groups excluding carboxylic acids is 1. The molecule has 0 bridgehead atoms. The Morgan fingerprint density at radius 3 is 2.80 bits per heavy atom. The topological polar surface area (TPSA) is 76.0 Å². The smallest absolute Gasteiger partial charge is 0.290 e. The SMILES string of the molecule is O=NC(=O)Cc1ccccc1OCCO. The van der Waals surface area contributed by atoms with Gasteiger partial charge in [-0.05, 0) is 6.07 Å². The van der Waals surface area contributed by atoms with E-state index >= 15 is 0 Å². The summed E-state index contributed by atoms with van der Waals surface area (Å²) in [5.74, 6) is -0.251. The molecule has 5 heteroatoms. The van der Waals surface area contributed by atoms with Crippen LogP contribution in [0, 0.1) is 4.91 Å².